The van der Waals surface area contributed by atoms with Crippen molar-refractivity contribution in [3.05, 3.63) is 0 Å². The van der Waals surface area contributed by atoms with Gasteiger partial charge in [-0.15, -0.1) is 0 Å². The zero-order valence-electron chi connectivity index (χ0n) is 9.41. The van der Waals surface area contributed by atoms with E-state index < -0.39 is 0 Å². The van der Waals surface area contributed by atoms with Crippen LogP contribution < -0.4 is 10.6 Å². The van der Waals surface area contributed by atoms with Crippen molar-refractivity contribution in [3.8, 4) is 0 Å². The van der Waals surface area contributed by atoms with E-state index in [0.717, 1.165) is 5.75 Å². The average Bonchev–Trinajstić information content (AvgIpc) is 2.67. The molecule has 1 heterocycles. The summed E-state index contributed by atoms with van der Waals surface area (Å²) in [7, 11) is 1.64. The molecule has 1 amide bonds. The summed E-state index contributed by atoms with van der Waals surface area (Å²) in [6.07, 6.45) is 1.17. The van der Waals surface area contributed by atoms with Crippen LogP contribution in [0.3, 0.4) is 0 Å². The Hall–Kier alpha value is -0.260. The maximum absolute atomic E-state index is 11.4. The minimum Gasteiger partial charge on any atom is -0.383 e. The highest BCUT2D eigenvalue weighted by Crippen LogP contribution is 2.16. The molecule has 5 heteroatoms. The van der Waals surface area contributed by atoms with Crippen LogP contribution in [0.2, 0.25) is 0 Å². The Bertz CT molecular complexity index is 196. The molecule has 2 atom stereocenters. The number of hydrogen-bond acceptors (Lipinski definition) is 4. The molecular weight excluding hydrogens is 212 g/mol. The summed E-state index contributed by atoms with van der Waals surface area (Å²) < 4.78 is 4.94. The molecule has 2 unspecified atom stereocenters. The highest BCUT2D eigenvalue weighted by Gasteiger charge is 2.16. The first kappa shape index (κ1) is 12.8. The molecule has 0 saturated carbocycles. The maximum atomic E-state index is 11.4. The monoisotopic (exact) mass is 232 g/mol. The molecule has 0 aromatic heterocycles. The molecule has 4 nitrogen and oxygen atoms in total. The van der Waals surface area contributed by atoms with E-state index in [1.165, 1.54) is 12.2 Å². The molecule has 0 aliphatic carbocycles. The number of methoxy groups -OCH3 is 1. The van der Waals surface area contributed by atoms with E-state index >= 15 is 0 Å². The van der Waals surface area contributed by atoms with Gasteiger partial charge in [0, 0.05) is 24.9 Å². The Kier molecular flexibility index (Phi) is 6.05. The van der Waals surface area contributed by atoms with Crippen LogP contribution in [0, 0.1) is 0 Å². The van der Waals surface area contributed by atoms with Crippen molar-refractivity contribution in [2.45, 2.75) is 25.4 Å². The lowest BCUT2D eigenvalue weighted by molar-refractivity contribution is -0.121. The Labute approximate surface area is 95.5 Å². The lowest BCUT2D eigenvalue weighted by Gasteiger charge is -2.15. The quantitative estimate of drug-likeness (QED) is 0.688. The van der Waals surface area contributed by atoms with Gasteiger partial charge in [0.25, 0.3) is 0 Å². The lowest BCUT2D eigenvalue weighted by atomic mass is 10.2. The van der Waals surface area contributed by atoms with Gasteiger partial charge in [-0.3, -0.25) is 4.79 Å². The molecule has 2 N–H and O–H groups in total. The first-order valence-electron chi connectivity index (χ1n) is 5.31. The van der Waals surface area contributed by atoms with Crippen molar-refractivity contribution in [1.82, 2.24) is 10.6 Å². The summed E-state index contributed by atoms with van der Waals surface area (Å²) in [4.78, 5) is 11.4. The molecule has 1 aliphatic heterocycles. The van der Waals surface area contributed by atoms with Gasteiger partial charge in [-0.2, -0.15) is 11.8 Å². The van der Waals surface area contributed by atoms with Gasteiger partial charge in [-0.25, -0.2) is 0 Å². The number of rotatable bonds is 6. The SMILES string of the molecule is COCC(C)NC(=O)CNC1CCSC1. The van der Waals surface area contributed by atoms with Crippen molar-refractivity contribution in [3.63, 3.8) is 0 Å². The predicted molar refractivity (Wildman–Crippen MR) is 63.2 cm³/mol. The lowest BCUT2D eigenvalue weighted by Crippen LogP contribution is -2.43. The van der Waals surface area contributed by atoms with Crippen LogP contribution in [0.25, 0.3) is 0 Å². The van der Waals surface area contributed by atoms with Gasteiger partial charge >= 0.3 is 0 Å². The van der Waals surface area contributed by atoms with Gasteiger partial charge < -0.3 is 15.4 Å². The Morgan fingerprint density at radius 3 is 3.07 bits per heavy atom. The van der Waals surface area contributed by atoms with Gasteiger partial charge in [-0.05, 0) is 19.1 Å². The van der Waals surface area contributed by atoms with E-state index in [0.29, 0.717) is 19.2 Å². The standard InChI is InChI=1S/C10H20N2O2S/c1-8(6-14-2)12-10(13)5-11-9-3-4-15-7-9/h8-9,11H,3-7H2,1-2H3,(H,12,13). The molecule has 1 aliphatic rings. The number of amides is 1. The van der Waals surface area contributed by atoms with Crippen molar-refractivity contribution in [2.75, 3.05) is 31.8 Å². The van der Waals surface area contributed by atoms with Crippen LogP contribution in [0.5, 0.6) is 0 Å². The van der Waals surface area contributed by atoms with Crippen LogP contribution in [-0.4, -0.2) is 49.8 Å². The van der Waals surface area contributed by atoms with Crippen LogP contribution in [0.15, 0.2) is 0 Å². The molecule has 0 radical (unpaired) electrons. The number of nitrogens with one attached hydrogen (secondary N) is 2. The van der Waals surface area contributed by atoms with Crippen molar-refractivity contribution in [1.29, 1.82) is 0 Å². The van der Waals surface area contributed by atoms with Crippen LogP contribution in [0.1, 0.15) is 13.3 Å². The molecule has 0 bridgehead atoms. The van der Waals surface area contributed by atoms with E-state index in [4.69, 9.17) is 4.74 Å². The second kappa shape index (κ2) is 7.09. The molecule has 15 heavy (non-hydrogen) atoms. The van der Waals surface area contributed by atoms with E-state index in [-0.39, 0.29) is 11.9 Å². The van der Waals surface area contributed by atoms with E-state index in [9.17, 15) is 4.79 Å². The Morgan fingerprint density at radius 1 is 1.67 bits per heavy atom. The fourth-order valence-corrected chi connectivity index (χ4v) is 2.74. The number of thioether (sulfide) groups is 1. The molecule has 0 spiro atoms. The summed E-state index contributed by atoms with van der Waals surface area (Å²) in [5, 5.41) is 6.13. The highest BCUT2D eigenvalue weighted by molar-refractivity contribution is 7.99. The van der Waals surface area contributed by atoms with Crippen molar-refractivity contribution >= 4 is 17.7 Å². The predicted octanol–water partition coefficient (Wildman–Crippen LogP) is 0.233. The maximum Gasteiger partial charge on any atom is 0.234 e. The average molecular weight is 232 g/mol. The van der Waals surface area contributed by atoms with E-state index in [2.05, 4.69) is 10.6 Å². The third-order valence-corrected chi connectivity index (χ3v) is 3.47. The number of hydrogen-bond donors (Lipinski definition) is 2. The first-order valence-corrected chi connectivity index (χ1v) is 6.47. The fraction of sp³-hybridized carbons (Fsp3) is 0.900. The van der Waals surface area contributed by atoms with E-state index in [1.54, 1.807) is 7.11 Å². The Balaban J connectivity index is 2.07. The third-order valence-electron chi connectivity index (χ3n) is 2.31. The zero-order valence-corrected chi connectivity index (χ0v) is 10.2. The van der Waals surface area contributed by atoms with Gasteiger partial charge in [-0.1, -0.05) is 0 Å². The fourth-order valence-electron chi connectivity index (χ4n) is 1.55. The summed E-state index contributed by atoms with van der Waals surface area (Å²) in [6, 6.07) is 0.598. The minimum absolute atomic E-state index is 0.0523. The van der Waals surface area contributed by atoms with Crippen LogP contribution in [0.4, 0.5) is 0 Å². The second-order valence-electron chi connectivity index (χ2n) is 3.87. The zero-order chi connectivity index (χ0) is 11.1. The van der Waals surface area contributed by atoms with Gasteiger partial charge in [0.1, 0.15) is 0 Å². The van der Waals surface area contributed by atoms with Crippen molar-refractivity contribution in [2.24, 2.45) is 0 Å². The summed E-state index contributed by atoms with van der Waals surface area (Å²) in [6.45, 7) is 2.91. The van der Waals surface area contributed by atoms with Gasteiger partial charge in [0.15, 0.2) is 0 Å². The Morgan fingerprint density at radius 2 is 2.47 bits per heavy atom. The second-order valence-corrected chi connectivity index (χ2v) is 5.02. The normalized spacial score (nSPS) is 22.7. The number of ether oxygens (including phenoxy) is 1. The highest BCUT2D eigenvalue weighted by atomic mass is 32.2. The third kappa shape index (κ3) is 5.39. The van der Waals surface area contributed by atoms with Gasteiger partial charge in [0.2, 0.25) is 5.91 Å². The number of carbonyl (C=O) groups is 1. The van der Waals surface area contributed by atoms with Crippen LogP contribution in [-0.2, 0) is 9.53 Å². The molecule has 1 rings (SSSR count). The summed E-state index contributed by atoms with van der Waals surface area (Å²) in [5.74, 6) is 2.39. The van der Waals surface area contributed by atoms with Gasteiger partial charge in [0.05, 0.1) is 13.2 Å². The summed E-state index contributed by atoms with van der Waals surface area (Å²) >= 11 is 1.94. The first-order chi connectivity index (χ1) is 7.22. The number of carbonyl (C=O) groups excluding carboxylic acids is 1. The smallest absolute Gasteiger partial charge is 0.234 e. The molecular formula is C10H20N2O2S. The van der Waals surface area contributed by atoms with E-state index in [1.807, 2.05) is 18.7 Å². The largest absolute Gasteiger partial charge is 0.383 e. The minimum atomic E-state index is 0.0523. The molecule has 0 aromatic carbocycles. The van der Waals surface area contributed by atoms with Crippen LogP contribution >= 0.6 is 11.8 Å². The van der Waals surface area contributed by atoms with Crippen molar-refractivity contribution < 1.29 is 9.53 Å². The topological polar surface area (TPSA) is 50.4 Å². The molecule has 1 saturated heterocycles. The summed E-state index contributed by atoms with van der Waals surface area (Å²) in [5.41, 5.74) is 0. The molecule has 88 valence electrons. The molecule has 0 aromatic rings. The molecule has 1 fully saturated rings.